The predicted octanol–water partition coefficient (Wildman–Crippen LogP) is 3.15. The molecule has 0 saturated heterocycles. The van der Waals surface area contributed by atoms with Crippen LogP contribution in [0.4, 0.5) is 0 Å². The molecule has 5 heteroatoms. The molecule has 2 aromatic rings. The van der Waals surface area contributed by atoms with Crippen molar-refractivity contribution in [2.75, 3.05) is 7.05 Å². The van der Waals surface area contributed by atoms with Gasteiger partial charge in [0, 0.05) is 18.4 Å². The number of furan rings is 1. The number of rotatable bonds is 4. The van der Waals surface area contributed by atoms with Gasteiger partial charge >= 0.3 is 5.97 Å². The Hall–Kier alpha value is -2.56. The molecule has 0 bridgehead atoms. The second kappa shape index (κ2) is 5.48. The molecule has 1 spiro atoms. The Morgan fingerprint density at radius 3 is 2.84 bits per heavy atom. The number of hydrogen-bond acceptors (Lipinski definition) is 3. The van der Waals surface area contributed by atoms with Gasteiger partial charge in [-0.05, 0) is 43.4 Å². The molecule has 0 aliphatic heterocycles. The van der Waals surface area contributed by atoms with Gasteiger partial charge in [0.1, 0.15) is 17.1 Å². The minimum absolute atomic E-state index is 0.0211. The number of fused-ring (bicyclic) bond motifs is 2. The number of carbonyl (C=O) groups is 2. The first-order valence-electron chi connectivity index (χ1n) is 8.58. The lowest BCUT2D eigenvalue weighted by Crippen LogP contribution is -2.30. The number of amides is 1. The lowest BCUT2D eigenvalue weighted by Gasteiger charge is -2.18. The number of hydrogen-bond donors (Lipinski definition) is 1. The molecule has 1 saturated carbocycles. The second-order valence-corrected chi connectivity index (χ2v) is 7.25. The minimum atomic E-state index is -1.01. The monoisotopic (exact) mass is 339 g/mol. The van der Waals surface area contributed by atoms with E-state index in [-0.39, 0.29) is 22.8 Å². The van der Waals surface area contributed by atoms with Crippen LogP contribution in [0, 0.1) is 12.8 Å². The van der Waals surface area contributed by atoms with Gasteiger partial charge in [0.2, 0.25) is 5.91 Å². The Bertz CT molecular complexity index is 868. The standard InChI is InChI=1S/C20H21NO4/c1-12-15(19(23)24)9-14(25-12)11-21(2)18(22)17-10-20(17)8-7-13-5-3-4-6-16(13)20/h3-6,9,17H,7-8,10-11H2,1-2H3,(H,23,24). The fraction of sp³-hybridized carbons (Fsp3) is 0.400. The van der Waals surface area contributed by atoms with E-state index in [0.29, 0.717) is 18.1 Å². The summed E-state index contributed by atoms with van der Waals surface area (Å²) in [5.41, 5.74) is 2.88. The first kappa shape index (κ1) is 15.9. The first-order chi connectivity index (χ1) is 11.9. The highest BCUT2D eigenvalue weighted by Crippen LogP contribution is 2.61. The molecular weight excluding hydrogens is 318 g/mol. The molecule has 1 heterocycles. The van der Waals surface area contributed by atoms with Crippen molar-refractivity contribution in [2.45, 2.75) is 38.1 Å². The maximum atomic E-state index is 12.9. The maximum absolute atomic E-state index is 12.9. The molecule has 1 N–H and O–H groups in total. The zero-order valence-electron chi connectivity index (χ0n) is 14.4. The largest absolute Gasteiger partial charge is 0.478 e. The highest BCUT2D eigenvalue weighted by Gasteiger charge is 2.61. The van der Waals surface area contributed by atoms with Gasteiger partial charge in [-0.2, -0.15) is 0 Å². The van der Waals surface area contributed by atoms with E-state index in [1.807, 2.05) is 0 Å². The van der Waals surface area contributed by atoms with Crippen molar-refractivity contribution in [1.29, 1.82) is 0 Å². The molecule has 4 rings (SSSR count). The highest BCUT2D eigenvalue weighted by molar-refractivity contribution is 5.89. The molecule has 1 aromatic heterocycles. The van der Waals surface area contributed by atoms with Crippen molar-refractivity contribution >= 4 is 11.9 Å². The second-order valence-electron chi connectivity index (χ2n) is 7.25. The fourth-order valence-electron chi connectivity index (χ4n) is 4.33. The summed E-state index contributed by atoms with van der Waals surface area (Å²) in [6, 6.07) is 9.93. The molecule has 25 heavy (non-hydrogen) atoms. The SMILES string of the molecule is Cc1oc(CN(C)C(=O)C2CC23CCc2ccccc23)cc1C(=O)O. The summed E-state index contributed by atoms with van der Waals surface area (Å²) in [4.78, 5) is 25.7. The van der Waals surface area contributed by atoms with Gasteiger partial charge in [0.25, 0.3) is 0 Å². The molecule has 5 nitrogen and oxygen atoms in total. The van der Waals surface area contributed by atoms with Crippen molar-refractivity contribution < 1.29 is 19.1 Å². The van der Waals surface area contributed by atoms with Crippen LogP contribution in [0.5, 0.6) is 0 Å². The third kappa shape index (κ3) is 2.46. The summed E-state index contributed by atoms with van der Waals surface area (Å²) in [7, 11) is 1.76. The van der Waals surface area contributed by atoms with Crippen LogP contribution in [0.2, 0.25) is 0 Å². The molecular formula is C20H21NO4. The normalized spacial score (nSPS) is 23.5. The number of carbonyl (C=O) groups excluding carboxylic acids is 1. The van der Waals surface area contributed by atoms with Crippen molar-refractivity contribution in [3.05, 3.63) is 58.5 Å². The van der Waals surface area contributed by atoms with E-state index in [9.17, 15) is 9.59 Å². The van der Waals surface area contributed by atoms with Gasteiger partial charge in [-0.25, -0.2) is 4.79 Å². The average Bonchev–Trinajstić information content (AvgIpc) is 3.02. The third-order valence-corrected chi connectivity index (χ3v) is 5.74. The van der Waals surface area contributed by atoms with Crippen LogP contribution in [0.3, 0.4) is 0 Å². The van der Waals surface area contributed by atoms with E-state index in [4.69, 9.17) is 9.52 Å². The number of carboxylic acids is 1. The summed E-state index contributed by atoms with van der Waals surface area (Å²) < 4.78 is 5.50. The lowest BCUT2D eigenvalue weighted by molar-refractivity contribution is -0.132. The molecule has 130 valence electrons. The fourth-order valence-corrected chi connectivity index (χ4v) is 4.33. The van der Waals surface area contributed by atoms with E-state index in [0.717, 1.165) is 19.3 Å². The maximum Gasteiger partial charge on any atom is 0.339 e. The van der Waals surface area contributed by atoms with E-state index >= 15 is 0 Å². The predicted molar refractivity (Wildman–Crippen MR) is 91.4 cm³/mol. The molecule has 1 aromatic carbocycles. The Morgan fingerprint density at radius 1 is 1.36 bits per heavy atom. The number of nitrogens with zero attached hydrogens (tertiary/aromatic N) is 1. The summed E-state index contributed by atoms with van der Waals surface area (Å²) in [6.07, 6.45) is 2.99. The molecule has 2 aliphatic rings. The number of aromatic carboxylic acids is 1. The summed E-state index contributed by atoms with van der Waals surface area (Å²) >= 11 is 0. The van der Waals surface area contributed by atoms with E-state index in [1.54, 1.807) is 18.9 Å². The number of aryl methyl sites for hydroxylation is 2. The summed E-state index contributed by atoms with van der Waals surface area (Å²) in [5, 5.41) is 9.11. The zero-order chi connectivity index (χ0) is 17.8. The van der Waals surface area contributed by atoms with E-state index in [2.05, 4.69) is 24.3 Å². The quantitative estimate of drug-likeness (QED) is 0.929. The smallest absolute Gasteiger partial charge is 0.339 e. The third-order valence-electron chi connectivity index (χ3n) is 5.74. The van der Waals surface area contributed by atoms with Crippen LogP contribution < -0.4 is 0 Å². The summed E-state index contributed by atoms with van der Waals surface area (Å²) in [5.74, 6) is 0.00667. The Morgan fingerprint density at radius 2 is 2.12 bits per heavy atom. The van der Waals surface area contributed by atoms with Crippen molar-refractivity contribution in [3.63, 3.8) is 0 Å². The van der Waals surface area contributed by atoms with Crippen molar-refractivity contribution in [3.8, 4) is 0 Å². The van der Waals surface area contributed by atoms with Gasteiger partial charge < -0.3 is 14.4 Å². The summed E-state index contributed by atoms with van der Waals surface area (Å²) in [6.45, 7) is 1.92. The Kier molecular flexibility index (Phi) is 3.49. The molecule has 2 atom stereocenters. The van der Waals surface area contributed by atoms with Gasteiger partial charge in [-0.15, -0.1) is 0 Å². The number of carboxylic acid groups (broad SMARTS) is 1. The lowest BCUT2D eigenvalue weighted by atomic mass is 9.95. The van der Waals surface area contributed by atoms with Crippen LogP contribution in [0.25, 0.3) is 0 Å². The van der Waals surface area contributed by atoms with Crippen LogP contribution in [-0.2, 0) is 23.2 Å². The topological polar surface area (TPSA) is 70.8 Å². The Balaban J connectivity index is 1.48. The molecule has 2 unspecified atom stereocenters. The minimum Gasteiger partial charge on any atom is -0.478 e. The molecule has 1 amide bonds. The number of benzene rings is 1. The molecule has 2 aliphatic carbocycles. The van der Waals surface area contributed by atoms with E-state index < -0.39 is 5.97 Å². The Labute approximate surface area is 146 Å². The molecule has 0 radical (unpaired) electrons. The molecule has 1 fully saturated rings. The average molecular weight is 339 g/mol. The first-order valence-corrected chi connectivity index (χ1v) is 8.58. The highest BCUT2D eigenvalue weighted by atomic mass is 16.4. The van der Waals surface area contributed by atoms with Gasteiger partial charge in [-0.1, -0.05) is 24.3 Å². The van der Waals surface area contributed by atoms with Crippen LogP contribution in [-0.4, -0.2) is 28.9 Å². The van der Waals surface area contributed by atoms with Crippen molar-refractivity contribution in [2.24, 2.45) is 5.92 Å². The van der Waals surface area contributed by atoms with Crippen LogP contribution in [0.1, 0.15) is 45.8 Å². The van der Waals surface area contributed by atoms with Gasteiger partial charge in [0.15, 0.2) is 0 Å². The van der Waals surface area contributed by atoms with Crippen LogP contribution >= 0.6 is 0 Å². The van der Waals surface area contributed by atoms with Gasteiger partial charge in [0.05, 0.1) is 6.54 Å². The zero-order valence-corrected chi connectivity index (χ0v) is 14.4. The van der Waals surface area contributed by atoms with Gasteiger partial charge in [-0.3, -0.25) is 4.79 Å². The van der Waals surface area contributed by atoms with E-state index in [1.165, 1.54) is 17.2 Å². The van der Waals surface area contributed by atoms with Crippen molar-refractivity contribution in [1.82, 2.24) is 4.90 Å². The van der Waals surface area contributed by atoms with Crippen LogP contribution in [0.15, 0.2) is 34.7 Å².